The van der Waals surface area contributed by atoms with Crippen LogP contribution in [0.4, 0.5) is 0 Å². The normalized spacial score (nSPS) is 12.5. The molecule has 0 heterocycles. The van der Waals surface area contributed by atoms with Crippen molar-refractivity contribution in [3.05, 3.63) is 98.5 Å². The van der Waals surface area contributed by atoms with Crippen molar-refractivity contribution in [1.29, 1.82) is 0 Å². The van der Waals surface area contributed by atoms with Crippen LogP contribution in [0.25, 0.3) is 0 Å². The van der Waals surface area contributed by atoms with E-state index < -0.39 is 15.9 Å². The summed E-state index contributed by atoms with van der Waals surface area (Å²) >= 11 is 18.0. The highest BCUT2D eigenvalue weighted by Gasteiger charge is 2.27. The molecule has 1 unspecified atom stereocenters. The second kappa shape index (κ2) is 10.9. The van der Waals surface area contributed by atoms with E-state index in [-0.39, 0.29) is 24.0 Å². The summed E-state index contributed by atoms with van der Waals surface area (Å²) in [7, 11) is -3.96. The average molecular weight is 526 g/mol. The molecule has 1 atom stereocenters. The number of halogens is 3. The van der Waals surface area contributed by atoms with Gasteiger partial charge in [0.1, 0.15) is 0 Å². The number of amides is 1. The minimum Gasteiger partial charge on any atom is -0.348 e. The molecule has 0 aromatic heterocycles. The number of carbonyl (C=O) groups excluding carboxylic acids is 1. The summed E-state index contributed by atoms with van der Waals surface area (Å²) in [6, 6.07) is 18.1. The number of benzene rings is 3. The minimum absolute atomic E-state index is 0.0458. The molecule has 0 aliphatic rings. The number of nitrogens with zero attached hydrogens (tertiary/aromatic N) is 1. The molecule has 1 amide bonds. The molecule has 0 aliphatic heterocycles. The molecule has 0 saturated heterocycles. The molecule has 33 heavy (non-hydrogen) atoms. The largest absolute Gasteiger partial charge is 0.348 e. The van der Waals surface area contributed by atoms with Crippen LogP contribution in [0.15, 0.2) is 71.6 Å². The Morgan fingerprint density at radius 1 is 0.939 bits per heavy atom. The predicted molar refractivity (Wildman–Crippen MR) is 133 cm³/mol. The molecule has 0 saturated carbocycles. The second-order valence-corrected chi connectivity index (χ2v) is 10.9. The molecule has 174 valence electrons. The van der Waals surface area contributed by atoms with Gasteiger partial charge in [-0.2, -0.15) is 4.31 Å². The van der Waals surface area contributed by atoms with E-state index in [1.807, 2.05) is 26.0 Å². The summed E-state index contributed by atoms with van der Waals surface area (Å²) in [4.78, 5) is 13.0. The SMILES string of the molecule is Cc1ccc(S(=O)(=O)N(CC(=O)NC(C)c2ccc(Cl)cc2)Cc2ccc(Cl)c(Cl)c2)cc1. The third kappa shape index (κ3) is 6.71. The minimum atomic E-state index is -3.96. The first-order chi connectivity index (χ1) is 15.6. The quantitative estimate of drug-likeness (QED) is 0.391. The fourth-order valence-electron chi connectivity index (χ4n) is 3.21. The van der Waals surface area contributed by atoms with Crippen molar-refractivity contribution < 1.29 is 13.2 Å². The van der Waals surface area contributed by atoms with Crippen LogP contribution in [-0.4, -0.2) is 25.2 Å². The van der Waals surface area contributed by atoms with E-state index in [4.69, 9.17) is 34.8 Å². The Labute approximate surface area is 209 Å². The highest BCUT2D eigenvalue weighted by atomic mass is 35.5. The summed E-state index contributed by atoms with van der Waals surface area (Å²) in [6.45, 7) is 3.28. The molecule has 0 aliphatic carbocycles. The summed E-state index contributed by atoms with van der Waals surface area (Å²) in [5, 5.41) is 4.11. The Kier molecular flexibility index (Phi) is 8.43. The van der Waals surface area contributed by atoms with Crippen molar-refractivity contribution in [3.8, 4) is 0 Å². The molecule has 1 N–H and O–H groups in total. The van der Waals surface area contributed by atoms with E-state index in [2.05, 4.69) is 5.32 Å². The Hall–Kier alpha value is -2.09. The molecule has 3 aromatic carbocycles. The lowest BCUT2D eigenvalue weighted by molar-refractivity contribution is -0.122. The summed E-state index contributed by atoms with van der Waals surface area (Å²) in [6.07, 6.45) is 0. The van der Waals surface area contributed by atoms with Crippen LogP contribution in [-0.2, 0) is 21.4 Å². The van der Waals surface area contributed by atoms with Crippen molar-refractivity contribution in [2.24, 2.45) is 0 Å². The zero-order valence-corrected chi connectivity index (χ0v) is 21.1. The van der Waals surface area contributed by atoms with E-state index in [0.717, 1.165) is 15.4 Å². The lowest BCUT2D eigenvalue weighted by Crippen LogP contribution is -2.41. The Morgan fingerprint density at radius 2 is 1.58 bits per heavy atom. The molecule has 0 fully saturated rings. The smallest absolute Gasteiger partial charge is 0.243 e. The van der Waals surface area contributed by atoms with Gasteiger partial charge in [0.15, 0.2) is 0 Å². The molecule has 0 bridgehead atoms. The number of sulfonamides is 1. The van der Waals surface area contributed by atoms with Gasteiger partial charge in [-0.15, -0.1) is 0 Å². The van der Waals surface area contributed by atoms with E-state index in [1.165, 1.54) is 12.1 Å². The Balaban J connectivity index is 1.85. The Bertz CT molecular complexity index is 1230. The van der Waals surface area contributed by atoms with Gasteiger partial charge in [-0.1, -0.05) is 70.7 Å². The first-order valence-electron chi connectivity index (χ1n) is 10.1. The fraction of sp³-hybridized carbons (Fsp3) is 0.208. The summed E-state index contributed by atoms with van der Waals surface area (Å²) in [5.74, 6) is -0.437. The first-order valence-corrected chi connectivity index (χ1v) is 12.7. The van der Waals surface area contributed by atoms with Crippen molar-refractivity contribution in [2.75, 3.05) is 6.54 Å². The van der Waals surface area contributed by atoms with E-state index >= 15 is 0 Å². The zero-order chi connectivity index (χ0) is 24.2. The number of rotatable bonds is 8. The maximum atomic E-state index is 13.4. The molecule has 9 heteroatoms. The van der Waals surface area contributed by atoms with Crippen molar-refractivity contribution >= 4 is 50.7 Å². The van der Waals surface area contributed by atoms with Crippen LogP contribution < -0.4 is 5.32 Å². The molecule has 5 nitrogen and oxygen atoms in total. The first kappa shape index (κ1) is 25.5. The van der Waals surface area contributed by atoms with Gasteiger partial charge in [0, 0.05) is 11.6 Å². The third-order valence-electron chi connectivity index (χ3n) is 5.07. The van der Waals surface area contributed by atoms with Gasteiger partial charge in [0.05, 0.1) is 27.5 Å². The number of hydrogen-bond donors (Lipinski definition) is 1. The van der Waals surface area contributed by atoms with Gasteiger partial charge < -0.3 is 5.32 Å². The van der Waals surface area contributed by atoms with Crippen LogP contribution in [0.2, 0.25) is 15.1 Å². The standard InChI is InChI=1S/C24H23Cl3N2O3S/c1-16-3-10-21(11-4-16)33(31,32)29(14-18-5-12-22(26)23(27)13-18)15-24(30)28-17(2)19-6-8-20(25)9-7-19/h3-13,17H,14-15H2,1-2H3,(H,28,30). The number of hydrogen-bond acceptors (Lipinski definition) is 3. The van der Waals surface area contributed by atoms with Crippen LogP contribution in [0, 0.1) is 6.92 Å². The van der Waals surface area contributed by atoms with Crippen LogP contribution in [0.5, 0.6) is 0 Å². The summed E-state index contributed by atoms with van der Waals surface area (Å²) in [5.41, 5.74) is 2.39. The van der Waals surface area contributed by atoms with Gasteiger partial charge in [-0.05, 0) is 61.4 Å². The highest BCUT2D eigenvalue weighted by molar-refractivity contribution is 7.89. The lowest BCUT2D eigenvalue weighted by atomic mass is 10.1. The lowest BCUT2D eigenvalue weighted by Gasteiger charge is -2.23. The molecule has 3 rings (SSSR count). The number of aryl methyl sites for hydroxylation is 1. The maximum Gasteiger partial charge on any atom is 0.243 e. The van der Waals surface area contributed by atoms with Crippen molar-refractivity contribution in [1.82, 2.24) is 9.62 Å². The fourth-order valence-corrected chi connectivity index (χ4v) is 5.04. The van der Waals surface area contributed by atoms with Gasteiger partial charge >= 0.3 is 0 Å². The third-order valence-corrected chi connectivity index (χ3v) is 7.87. The maximum absolute atomic E-state index is 13.4. The molecule has 3 aromatic rings. The van der Waals surface area contributed by atoms with Crippen LogP contribution in [0.3, 0.4) is 0 Å². The van der Waals surface area contributed by atoms with Gasteiger partial charge in [0.25, 0.3) is 0 Å². The molecular weight excluding hydrogens is 503 g/mol. The number of nitrogens with one attached hydrogen (secondary N) is 1. The average Bonchev–Trinajstić information content (AvgIpc) is 2.76. The molecular formula is C24H23Cl3N2O3S. The van der Waals surface area contributed by atoms with E-state index in [1.54, 1.807) is 42.5 Å². The van der Waals surface area contributed by atoms with E-state index in [0.29, 0.717) is 20.6 Å². The van der Waals surface area contributed by atoms with Gasteiger partial charge in [0.2, 0.25) is 15.9 Å². The molecule has 0 radical (unpaired) electrons. The summed E-state index contributed by atoms with van der Waals surface area (Å²) < 4.78 is 27.9. The second-order valence-electron chi connectivity index (χ2n) is 7.68. The van der Waals surface area contributed by atoms with Crippen LogP contribution >= 0.6 is 34.8 Å². The number of carbonyl (C=O) groups is 1. The predicted octanol–water partition coefficient (Wildman–Crippen LogP) is 6.02. The van der Waals surface area contributed by atoms with Gasteiger partial charge in [-0.3, -0.25) is 4.79 Å². The zero-order valence-electron chi connectivity index (χ0n) is 18.1. The Morgan fingerprint density at radius 3 is 2.18 bits per heavy atom. The van der Waals surface area contributed by atoms with E-state index in [9.17, 15) is 13.2 Å². The monoisotopic (exact) mass is 524 g/mol. The molecule has 0 spiro atoms. The van der Waals surface area contributed by atoms with Gasteiger partial charge in [-0.25, -0.2) is 8.42 Å². The topological polar surface area (TPSA) is 66.5 Å². The highest BCUT2D eigenvalue weighted by Crippen LogP contribution is 2.25. The van der Waals surface area contributed by atoms with Crippen LogP contribution in [0.1, 0.15) is 29.7 Å². The van der Waals surface area contributed by atoms with Crippen molar-refractivity contribution in [3.63, 3.8) is 0 Å². The van der Waals surface area contributed by atoms with Crippen molar-refractivity contribution in [2.45, 2.75) is 31.3 Å².